The number of amides is 2. The first-order chi connectivity index (χ1) is 10.2. The van der Waals surface area contributed by atoms with Gasteiger partial charge in [0, 0.05) is 24.1 Å². The van der Waals surface area contributed by atoms with E-state index in [9.17, 15) is 4.79 Å². The molecule has 0 spiro atoms. The fourth-order valence-electron chi connectivity index (χ4n) is 2.29. The van der Waals surface area contributed by atoms with Crippen LogP contribution in [0.25, 0.3) is 0 Å². The number of thioether (sulfide) groups is 1. The molecule has 21 heavy (non-hydrogen) atoms. The monoisotopic (exact) mass is 310 g/mol. The molecule has 0 heterocycles. The molecular weight excluding hydrogens is 284 g/mol. The van der Waals surface area contributed by atoms with E-state index in [0.29, 0.717) is 6.42 Å². The van der Waals surface area contributed by atoms with Crippen molar-refractivity contribution in [3.05, 3.63) is 29.3 Å². The van der Waals surface area contributed by atoms with E-state index in [0.717, 1.165) is 35.4 Å². The fraction of sp³-hybridized carbons (Fsp3) is 0.562. The number of carbonyl (C=O) groups excluding carboxylic acids is 1. The molecule has 3 N–H and O–H groups in total. The highest BCUT2D eigenvalue weighted by Gasteiger charge is 2.14. The van der Waals surface area contributed by atoms with Gasteiger partial charge >= 0.3 is 6.03 Å². The van der Waals surface area contributed by atoms with Crippen molar-refractivity contribution in [1.29, 1.82) is 0 Å². The largest absolute Gasteiger partial charge is 0.396 e. The van der Waals surface area contributed by atoms with Crippen molar-refractivity contribution in [1.82, 2.24) is 5.32 Å². The molecule has 0 radical (unpaired) electrons. The molecule has 5 heteroatoms. The summed E-state index contributed by atoms with van der Waals surface area (Å²) in [6, 6.07) is 5.91. The number of rotatable bonds is 8. The van der Waals surface area contributed by atoms with E-state index in [2.05, 4.69) is 24.5 Å². The molecule has 0 aliphatic carbocycles. The second kappa shape index (κ2) is 9.68. The highest BCUT2D eigenvalue weighted by atomic mass is 32.2. The molecule has 1 aromatic carbocycles. The summed E-state index contributed by atoms with van der Waals surface area (Å²) >= 11 is 1.66. The van der Waals surface area contributed by atoms with Crippen LogP contribution in [0.1, 0.15) is 31.4 Å². The van der Waals surface area contributed by atoms with Gasteiger partial charge in [0.1, 0.15) is 0 Å². The lowest BCUT2D eigenvalue weighted by molar-refractivity contribution is 0.241. The van der Waals surface area contributed by atoms with Crippen LogP contribution in [0, 0.1) is 0 Å². The number of hydrogen-bond acceptors (Lipinski definition) is 3. The summed E-state index contributed by atoms with van der Waals surface area (Å²) in [6.07, 6.45) is 4.33. The maximum absolute atomic E-state index is 12.2. The van der Waals surface area contributed by atoms with Crippen molar-refractivity contribution in [3.8, 4) is 0 Å². The Morgan fingerprint density at radius 1 is 1.29 bits per heavy atom. The summed E-state index contributed by atoms with van der Waals surface area (Å²) in [5, 5.41) is 15.0. The van der Waals surface area contributed by atoms with Gasteiger partial charge in [0.15, 0.2) is 0 Å². The lowest BCUT2D eigenvalue weighted by Crippen LogP contribution is -2.40. The Kier molecular flexibility index (Phi) is 8.23. The molecule has 118 valence electrons. The van der Waals surface area contributed by atoms with Gasteiger partial charge in [-0.3, -0.25) is 0 Å². The van der Waals surface area contributed by atoms with Gasteiger partial charge in [-0.25, -0.2) is 4.79 Å². The zero-order chi connectivity index (χ0) is 15.7. The first-order valence-electron chi connectivity index (χ1n) is 7.44. The van der Waals surface area contributed by atoms with Gasteiger partial charge in [0.2, 0.25) is 0 Å². The number of aliphatic hydroxyl groups excluding tert-OH is 1. The van der Waals surface area contributed by atoms with Gasteiger partial charge < -0.3 is 15.7 Å². The van der Waals surface area contributed by atoms with Crippen molar-refractivity contribution in [2.24, 2.45) is 0 Å². The molecule has 0 unspecified atom stereocenters. The Balaban J connectivity index is 2.77. The molecule has 1 rings (SSSR count). The van der Waals surface area contributed by atoms with Gasteiger partial charge in [-0.15, -0.1) is 0 Å². The van der Waals surface area contributed by atoms with Crippen LogP contribution < -0.4 is 10.6 Å². The second-order valence-corrected chi connectivity index (χ2v) is 5.83. The molecule has 4 nitrogen and oxygen atoms in total. The van der Waals surface area contributed by atoms with Crippen LogP contribution >= 0.6 is 11.8 Å². The summed E-state index contributed by atoms with van der Waals surface area (Å²) in [4.78, 5) is 12.2. The van der Waals surface area contributed by atoms with Gasteiger partial charge in [0.25, 0.3) is 0 Å². The predicted octanol–water partition coefficient (Wildman–Crippen LogP) is 3.05. The van der Waals surface area contributed by atoms with Gasteiger partial charge in [0.05, 0.1) is 0 Å². The first-order valence-corrected chi connectivity index (χ1v) is 8.83. The summed E-state index contributed by atoms with van der Waals surface area (Å²) in [6.45, 7) is 4.25. The predicted molar refractivity (Wildman–Crippen MR) is 91.2 cm³/mol. The molecule has 0 bridgehead atoms. The van der Waals surface area contributed by atoms with E-state index in [-0.39, 0.29) is 18.7 Å². The maximum atomic E-state index is 12.2. The van der Waals surface area contributed by atoms with Gasteiger partial charge in [-0.2, -0.15) is 11.8 Å². The van der Waals surface area contributed by atoms with Crippen molar-refractivity contribution in [2.75, 3.05) is 23.9 Å². The molecule has 1 atom stereocenters. The third-order valence-electron chi connectivity index (χ3n) is 3.42. The summed E-state index contributed by atoms with van der Waals surface area (Å²) in [7, 11) is 0. The number of benzene rings is 1. The third-order valence-corrected chi connectivity index (χ3v) is 4.15. The zero-order valence-electron chi connectivity index (χ0n) is 13.1. The smallest absolute Gasteiger partial charge is 0.319 e. The van der Waals surface area contributed by atoms with E-state index >= 15 is 0 Å². The van der Waals surface area contributed by atoms with Gasteiger partial charge in [-0.05, 0) is 36.6 Å². The topological polar surface area (TPSA) is 61.4 Å². The molecule has 0 aromatic heterocycles. The minimum absolute atomic E-state index is 0.0103. The average Bonchev–Trinajstić information content (AvgIpc) is 2.47. The van der Waals surface area contributed by atoms with E-state index < -0.39 is 0 Å². The summed E-state index contributed by atoms with van der Waals surface area (Å²) in [5.41, 5.74) is 3.22. The van der Waals surface area contributed by atoms with Crippen LogP contribution in [0.15, 0.2) is 18.2 Å². The van der Waals surface area contributed by atoms with Crippen molar-refractivity contribution < 1.29 is 9.90 Å². The maximum Gasteiger partial charge on any atom is 0.319 e. The van der Waals surface area contributed by atoms with Crippen LogP contribution in [0.4, 0.5) is 10.5 Å². The first kappa shape index (κ1) is 17.9. The molecule has 0 aliphatic heterocycles. The quantitative estimate of drug-likeness (QED) is 0.691. The minimum atomic E-state index is -0.196. The Morgan fingerprint density at radius 3 is 2.38 bits per heavy atom. The van der Waals surface area contributed by atoms with Crippen molar-refractivity contribution >= 4 is 23.5 Å². The molecule has 0 saturated heterocycles. The van der Waals surface area contributed by atoms with E-state index in [1.807, 2.05) is 24.5 Å². The SMILES string of the molecule is CCc1cccc(CC)c1NC(=O)N[C@@H](CCO)CSC. The van der Waals surface area contributed by atoms with Crippen LogP contribution in [-0.4, -0.2) is 35.8 Å². The fourth-order valence-corrected chi connectivity index (χ4v) is 2.94. The summed E-state index contributed by atoms with van der Waals surface area (Å²) < 4.78 is 0. The zero-order valence-corrected chi connectivity index (χ0v) is 13.9. The van der Waals surface area contributed by atoms with Crippen molar-refractivity contribution in [2.45, 2.75) is 39.2 Å². The number of urea groups is 1. The molecule has 0 fully saturated rings. The third kappa shape index (κ3) is 5.59. The lowest BCUT2D eigenvalue weighted by Gasteiger charge is -2.19. The van der Waals surface area contributed by atoms with Crippen LogP contribution in [0.3, 0.4) is 0 Å². The summed E-state index contributed by atoms with van der Waals surface area (Å²) in [5.74, 6) is 0.796. The highest BCUT2D eigenvalue weighted by molar-refractivity contribution is 7.98. The number of carbonyl (C=O) groups is 1. The number of hydrogen-bond donors (Lipinski definition) is 3. The van der Waals surface area contributed by atoms with E-state index in [4.69, 9.17) is 5.11 Å². The molecule has 2 amide bonds. The number of aryl methyl sites for hydroxylation is 2. The Morgan fingerprint density at radius 2 is 1.90 bits per heavy atom. The molecule has 0 aliphatic rings. The van der Waals surface area contributed by atoms with Crippen molar-refractivity contribution in [3.63, 3.8) is 0 Å². The normalized spacial score (nSPS) is 12.0. The molecule has 0 saturated carbocycles. The standard InChI is InChI=1S/C16H26N2O2S/c1-4-12-7-6-8-13(5-2)15(12)18-16(20)17-14(9-10-19)11-21-3/h6-8,14,19H,4-5,9-11H2,1-3H3,(H2,17,18,20)/t14-/m0/s1. The highest BCUT2D eigenvalue weighted by Crippen LogP contribution is 2.22. The Labute approximate surface area is 131 Å². The van der Waals surface area contributed by atoms with E-state index in [1.165, 1.54) is 0 Å². The minimum Gasteiger partial charge on any atom is -0.396 e. The number of aliphatic hydroxyl groups is 1. The lowest BCUT2D eigenvalue weighted by atomic mass is 10.0. The Bertz CT molecular complexity index is 424. The van der Waals surface area contributed by atoms with Crippen LogP contribution in [0.2, 0.25) is 0 Å². The number of nitrogens with one attached hydrogen (secondary N) is 2. The molecule has 1 aromatic rings. The second-order valence-electron chi connectivity index (χ2n) is 4.92. The number of anilines is 1. The molecular formula is C16H26N2O2S. The van der Waals surface area contributed by atoms with Gasteiger partial charge in [-0.1, -0.05) is 32.0 Å². The Hall–Kier alpha value is -1.20. The van der Waals surface area contributed by atoms with Crippen LogP contribution in [0.5, 0.6) is 0 Å². The average molecular weight is 310 g/mol. The number of para-hydroxylation sites is 1. The van der Waals surface area contributed by atoms with Crippen LogP contribution in [-0.2, 0) is 12.8 Å². The van der Waals surface area contributed by atoms with E-state index in [1.54, 1.807) is 11.8 Å².